The molecule has 0 unspecified atom stereocenters. The molecular weight excluding hydrogens is 268 g/mol. The van der Waals surface area contributed by atoms with Crippen molar-refractivity contribution in [2.75, 3.05) is 0 Å². The van der Waals surface area contributed by atoms with Crippen LogP contribution < -0.4 is 15.3 Å². The average Bonchev–Trinajstić information content (AvgIpc) is 1.54. The van der Waals surface area contributed by atoms with E-state index >= 15 is 0 Å². The number of carbonyl (C=O) groups excluding carboxylic acids is 3. The van der Waals surface area contributed by atoms with E-state index in [1.54, 1.807) is 0 Å². The Bertz CT molecular complexity index is 118. The van der Waals surface area contributed by atoms with E-state index in [-0.39, 0.29) is 33.8 Å². The van der Waals surface area contributed by atoms with Crippen molar-refractivity contribution >= 4 is 17.9 Å². The van der Waals surface area contributed by atoms with Crippen LogP contribution in [0.4, 0.5) is 0 Å². The molecule has 0 aliphatic carbocycles. The van der Waals surface area contributed by atoms with E-state index in [1.165, 1.54) is 0 Å². The van der Waals surface area contributed by atoms with Crippen molar-refractivity contribution in [1.82, 2.24) is 0 Å². The minimum atomic E-state index is -1.08. The van der Waals surface area contributed by atoms with Gasteiger partial charge in [0.25, 0.3) is 0 Å². The van der Waals surface area contributed by atoms with E-state index in [4.69, 9.17) is 29.7 Å². The van der Waals surface area contributed by atoms with Crippen LogP contribution in [0.1, 0.15) is 20.8 Å². The Kier molecular flexibility index (Phi) is 107. The van der Waals surface area contributed by atoms with Crippen molar-refractivity contribution in [3.63, 3.8) is 0 Å². The summed E-state index contributed by atoms with van der Waals surface area (Å²) >= 11 is 0. The Morgan fingerprint density at radius 1 is 0.625 bits per heavy atom. The molecule has 9 nitrogen and oxygen atoms in total. The molecular formula is C6H12CrO9. The van der Waals surface area contributed by atoms with Gasteiger partial charge in [0.15, 0.2) is 0 Å². The van der Waals surface area contributed by atoms with E-state index in [0.29, 0.717) is 0 Å². The second-order valence-electron chi connectivity index (χ2n) is 1.47. The molecule has 0 aliphatic heterocycles. The fraction of sp³-hybridized carbons (Fsp3) is 0.500. The van der Waals surface area contributed by atoms with Crippen LogP contribution in [0.15, 0.2) is 0 Å². The van der Waals surface area contributed by atoms with Crippen molar-refractivity contribution in [1.29, 1.82) is 0 Å². The Morgan fingerprint density at radius 3 is 0.625 bits per heavy atom. The molecule has 0 aromatic carbocycles. The fourth-order valence-corrected chi connectivity index (χ4v) is 0. The number of carboxylic acid groups (broad SMARTS) is 3. The number of carbonyl (C=O) groups is 3. The summed E-state index contributed by atoms with van der Waals surface area (Å²) in [4.78, 5) is 26.7. The van der Waals surface area contributed by atoms with Gasteiger partial charge in [0.1, 0.15) is 0 Å². The minimum Gasteiger partial charge on any atom is -0.870 e. The Labute approximate surface area is 103 Å². The van der Waals surface area contributed by atoms with Crippen molar-refractivity contribution < 1.29 is 63.5 Å². The molecule has 0 bridgehead atoms. The van der Waals surface area contributed by atoms with Gasteiger partial charge in [0.05, 0.1) is 0 Å². The molecule has 0 fully saturated rings. The molecule has 0 radical (unpaired) electrons. The largest absolute Gasteiger partial charge is 6.00 e. The molecule has 0 aliphatic rings. The predicted molar refractivity (Wildman–Crippen MR) is 37.9 cm³/mol. The number of aliphatic carboxylic acids is 3. The number of hydrogen-bond acceptors (Lipinski definition) is 9. The molecule has 0 amide bonds. The average molecular weight is 280 g/mol. The number of rotatable bonds is 0. The summed E-state index contributed by atoms with van der Waals surface area (Å²) < 4.78 is 0. The van der Waals surface area contributed by atoms with Gasteiger partial charge < -0.3 is 46.1 Å². The molecule has 10 heteroatoms. The van der Waals surface area contributed by atoms with E-state index < -0.39 is 17.9 Å². The monoisotopic (exact) mass is 280 g/mol. The van der Waals surface area contributed by atoms with E-state index in [2.05, 4.69) is 0 Å². The van der Waals surface area contributed by atoms with Gasteiger partial charge in [-0.05, 0) is 20.8 Å². The second-order valence-corrected chi connectivity index (χ2v) is 1.47. The summed E-state index contributed by atoms with van der Waals surface area (Å²) in [6.07, 6.45) is 0. The fourth-order valence-electron chi connectivity index (χ4n) is 0. The normalized spacial score (nSPS) is 4.69. The summed E-state index contributed by atoms with van der Waals surface area (Å²) in [6, 6.07) is 0. The molecule has 3 N–H and O–H groups in total. The van der Waals surface area contributed by atoms with Gasteiger partial charge in [-0.2, -0.15) is 0 Å². The van der Waals surface area contributed by atoms with E-state index in [1.807, 2.05) is 0 Å². The predicted octanol–water partition coefficient (Wildman–Crippen LogP) is -4.26. The molecule has 96 valence electrons. The maximum atomic E-state index is 8.89. The van der Waals surface area contributed by atoms with Gasteiger partial charge in [0.2, 0.25) is 0 Å². The SMILES string of the molecule is CC(=O)[O-].CC(=O)[O-].CC(=O)[O-].[Cr+6].[OH-].[OH-].[OH-]. The van der Waals surface area contributed by atoms with Crippen molar-refractivity contribution in [3.05, 3.63) is 0 Å². The Balaban J connectivity index is -0.0000000135. The van der Waals surface area contributed by atoms with E-state index in [0.717, 1.165) is 20.8 Å². The summed E-state index contributed by atoms with van der Waals surface area (Å²) in [6.45, 7) is 2.92. The zero-order valence-corrected chi connectivity index (χ0v) is 9.97. The van der Waals surface area contributed by atoms with Crippen molar-refractivity contribution in [2.45, 2.75) is 20.8 Å². The third kappa shape index (κ3) is 1290. The van der Waals surface area contributed by atoms with Gasteiger partial charge in [-0.15, -0.1) is 0 Å². The quantitative estimate of drug-likeness (QED) is 0.419. The summed E-state index contributed by atoms with van der Waals surface area (Å²) in [7, 11) is 0. The topological polar surface area (TPSA) is 210 Å². The zero-order valence-electron chi connectivity index (χ0n) is 8.70. The third-order valence-corrected chi connectivity index (χ3v) is 0. The first-order valence-electron chi connectivity index (χ1n) is 2.72. The van der Waals surface area contributed by atoms with Gasteiger partial charge >= 0.3 is 17.4 Å². The van der Waals surface area contributed by atoms with Gasteiger partial charge in [0, 0.05) is 17.9 Å². The molecule has 0 saturated heterocycles. The number of carboxylic acids is 3. The molecule has 0 spiro atoms. The van der Waals surface area contributed by atoms with Crippen LogP contribution in [0.3, 0.4) is 0 Å². The standard InChI is InChI=1S/3C2H4O2.Cr.3H2O/c3*1-2(3)4;;;;/h3*1H3,(H,3,4);;3*1H2/q;;;+6;;;/p-6. The molecule has 0 heterocycles. The molecule has 0 aromatic heterocycles. The van der Waals surface area contributed by atoms with Gasteiger partial charge in [-0.1, -0.05) is 0 Å². The Morgan fingerprint density at radius 2 is 0.625 bits per heavy atom. The summed E-state index contributed by atoms with van der Waals surface area (Å²) in [5.41, 5.74) is 0. The van der Waals surface area contributed by atoms with Crippen LogP contribution in [-0.2, 0) is 31.7 Å². The van der Waals surface area contributed by atoms with Crippen LogP contribution in [0.5, 0.6) is 0 Å². The van der Waals surface area contributed by atoms with Crippen LogP contribution in [0.2, 0.25) is 0 Å². The van der Waals surface area contributed by atoms with Crippen LogP contribution >= 0.6 is 0 Å². The minimum absolute atomic E-state index is 0. The molecule has 0 rings (SSSR count). The summed E-state index contributed by atoms with van der Waals surface area (Å²) in [5, 5.41) is 26.7. The maximum Gasteiger partial charge on any atom is 6.00 e. The maximum absolute atomic E-state index is 8.89. The second kappa shape index (κ2) is 37.1. The van der Waals surface area contributed by atoms with Gasteiger partial charge in [-0.3, -0.25) is 0 Å². The van der Waals surface area contributed by atoms with Crippen LogP contribution in [-0.4, -0.2) is 34.3 Å². The van der Waals surface area contributed by atoms with E-state index in [9.17, 15) is 0 Å². The Hall–Kier alpha value is -1.18. The molecule has 0 saturated carbocycles. The van der Waals surface area contributed by atoms with Crippen LogP contribution in [0.25, 0.3) is 0 Å². The third-order valence-electron chi connectivity index (χ3n) is 0. The summed E-state index contributed by atoms with van der Waals surface area (Å²) in [5.74, 6) is -3.25. The number of hydrogen-bond donors (Lipinski definition) is 0. The van der Waals surface area contributed by atoms with Crippen LogP contribution in [0, 0.1) is 0 Å². The molecule has 0 atom stereocenters. The molecule has 16 heavy (non-hydrogen) atoms. The van der Waals surface area contributed by atoms with Crippen molar-refractivity contribution in [3.8, 4) is 0 Å². The first-order chi connectivity index (χ1) is 5.20. The first-order valence-corrected chi connectivity index (χ1v) is 2.72. The molecule has 0 aromatic rings. The van der Waals surface area contributed by atoms with Crippen molar-refractivity contribution in [2.24, 2.45) is 0 Å². The first kappa shape index (κ1) is 46.3. The zero-order chi connectivity index (χ0) is 10.7. The smallest absolute Gasteiger partial charge is 0.870 e. The van der Waals surface area contributed by atoms with Gasteiger partial charge in [-0.25, -0.2) is 0 Å².